The number of benzene rings is 1. The number of piperazine rings is 1. The van der Waals surface area contributed by atoms with Gasteiger partial charge in [-0.05, 0) is 38.0 Å². The van der Waals surface area contributed by atoms with Gasteiger partial charge in [-0.25, -0.2) is 0 Å². The number of aryl methyl sites for hydroxylation is 1. The summed E-state index contributed by atoms with van der Waals surface area (Å²) in [6.45, 7) is 11.7. The molecule has 0 aromatic heterocycles. The van der Waals surface area contributed by atoms with E-state index in [1.807, 2.05) is 0 Å². The second kappa shape index (κ2) is 9.46. The number of hydrogen-bond acceptors (Lipinski definition) is 3. The van der Waals surface area contributed by atoms with E-state index in [-0.39, 0.29) is 24.8 Å². The van der Waals surface area contributed by atoms with Gasteiger partial charge in [0.25, 0.3) is 0 Å². The van der Waals surface area contributed by atoms with Gasteiger partial charge in [0, 0.05) is 32.2 Å². The van der Waals surface area contributed by atoms with E-state index in [1.54, 1.807) is 0 Å². The predicted octanol–water partition coefficient (Wildman–Crippen LogP) is 2.82. The van der Waals surface area contributed by atoms with Crippen molar-refractivity contribution in [1.82, 2.24) is 10.2 Å². The van der Waals surface area contributed by atoms with Crippen molar-refractivity contribution in [3.63, 3.8) is 0 Å². The lowest BCUT2D eigenvalue weighted by Gasteiger charge is -2.32. The van der Waals surface area contributed by atoms with Crippen LogP contribution in [0.5, 0.6) is 5.75 Å². The molecule has 0 bridgehead atoms. The van der Waals surface area contributed by atoms with Crippen LogP contribution in [0.25, 0.3) is 0 Å². The molecule has 1 aliphatic rings. The highest BCUT2D eigenvalue weighted by atomic mass is 35.5. The topological polar surface area (TPSA) is 24.5 Å². The molecular formula is C15H26Cl2N2O. The molecule has 0 aliphatic carbocycles. The van der Waals surface area contributed by atoms with E-state index in [2.05, 4.69) is 49.2 Å². The lowest BCUT2D eigenvalue weighted by molar-refractivity contribution is 0.131. The van der Waals surface area contributed by atoms with Crippen LogP contribution in [0.2, 0.25) is 0 Å². The molecule has 1 heterocycles. The van der Waals surface area contributed by atoms with Gasteiger partial charge < -0.3 is 10.1 Å². The van der Waals surface area contributed by atoms with Gasteiger partial charge >= 0.3 is 0 Å². The fourth-order valence-electron chi connectivity index (χ4n) is 2.32. The Morgan fingerprint density at radius 1 is 1.20 bits per heavy atom. The molecule has 3 nitrogen and oxygen atoms in total. The summed E-state index contributed by atoms with van der Waals surface area (Å²) in [5.74, 6) is 1.02. The van der Waals surface area contributed by atoms with Gasteiger partial charge in [0.1, 0.15) is 12.4 Å². The van der Waals surface area contributed by atoms with Crippen LogP contribution in [-0.4, -0.2) is 43.7 Å². The normalized spacial score (nSPS) is 16.8. The van der Waals surface area contributed by atoms with Crippen molar-refractivity contribution in [2.24, 2.45) is 0 Å². The highest BCUT2D eigenvalue weighted by Crippen LogP contribution is 2.21. The Labute approximate surface area is 134 Å². The Balaban J connectivity index is 0.00000180. The fraction of sp³-hybridized carbons (Fsp3) is 0.600. The van der Waals surface area contributed by atoms with E-state index in [9.17, 15) is 0 Å². The zero-order chi connectivity index (χ0) is 13.0. The Morgan fingerprint density at radius 3 is 2.50 bits per heavy atom. The maximum Gasteiger partial charge on any atom is 0.122 e. The molecule has 1 aromatic carbocycles. The van der Waals surface area contributed by atoms with Crippen LogP contribution in [-0.2, 0) is 0 Å². The zero-order valence-electron chi connectivity index (χ0n) is 12.5. The summed E-state index contributed by atoms with van der Waals surface area (Å²) in [6.07, 6.45) is 0. The van der Waals surface area contributed by atoms with Gasteiger partial charge in [-0.1, -0.05) is 12.1 Å². The Bertz CT molecular complexity index is 395. The first kappa shape index (κ1) is 19.5. The lowest BCUT2D eigenvalue weighted by atomic mass is 10.1. The van der Waals surface area contributed by atoms with E-state index >= 15 is 0 Å². The van der Waals surface area contributed by atoms with Crippen molar-refractivity contribution < 1.29 is 4.74 Å². The van der Waals surface area contributed by atoms with Crippen molar-refractivity contribution in [3.8, 4) is 5.75 Å². The molecule has 1 aromatic rings. The van der Waals surface area contributed by atoms with Gasteiger partial charge in [0.15, 0.2) is 0 Å². The molecule has 1 aliphatic heterocycles. The third-order valence-corrected chi connectivity index (χ3v) is 3.81. The van der Waals surface area contributed by atoms with Gasteiger partial charge in [-0.15, -0.1) is 24.8 Å². The molecule has 0 amide bonds. The number of halogens is 2. The summed E-state index contributed by atoms with van der Waals surface area (Å²) in [7, 11) is 0. The predicted molar refractivity (Wildman–Crippen MR) is 89.8 cm³/mol. The van der Waals surface area contributed by atoms with Crippen LogP contribution in [0.15, 0.2) is 18.2 Å². The third kappa shape index (κ3) is 5.13. The average Bonchev–Trinajstić information content (AvgIpc) is 2.41. The van der Waals surface area contributed by atoms with E-state index < -0.39 is 0 Å². The van der Waals surface area contributed by atoms with E-state index in [0.29, 0.717) is 6.04 Å². The first-order chi connectivity index (χ1) is 8.68. The first-order valence-electron chi connectivity index (χ1n) is 6.82. The molecule has 1 unspecified atom stereocenters. The molecule has 1 fully saturated rings. The maximum atomic E-state index is 5.97. The third-order valence-electron chi connectivity index (χ3n) is 3.81. The highest BCUT2D eigenvalue weighted by Gasteiger charge is 2.17. The monoisotopic (exact) mass is 320 g/mol. The number of ether oxygens (including phenoxy) is 1. The van der Waals surface area contributed by atoms with Crippen LogP contribution in [0, 0.1) is 13.8 Å². The molecule has 1 N–H and O–H groups in total. The molecule has 0 spiro atoms. The standard InChI is InChI=1S/C15H24N2O.2ClH/c1-12-5-4-6-15(14(12)3)18-11-13(2)17-9-7-16-8-10-17;;/h4-6,13,16H,7-11H2,1-3H3;2*1H. The molecule has 2 rings (SSSR count). The van der Waals surface area contributed by atoms with Crippen molar-refractivity contribution in [1.29, 1.82) is 0 Å². The van der Waals surface area contributed by atoms with Crippen molar-refractivity contribution in [2.45, 2.75) is 26.8 Å². The summed E-state index contributed by atoms with van der Waals surface area (Å²) in [6, 6.07) is 6.73. The number of nitrogens with one attached hydrogen (secondary N) is 1. The Hall–Kier alpha value is -0.480. The van der Waals surface area contributed by atoms with Crippen LogP contribution in [0.4, 0.5) is 0 Å². The second-order valence-corrected chi connectivity index (χ2v) is 5.14. The summed E-state index contributed by atoms with van der Waals surface area (Å²) in [5, 5.41) is 3.38. The van der Waals surface area contributed by atoms with Crippen molar-refractivity contribution >= 4 is 24.8 Å². The minimum atomic E-state index is 0. The summed E-state index contributed by atoms with van der Waals surface area (Å²) >= 11 is 0. The molecule has 0 saturated carbocycles. The van der Waals surface area contributed by atoms with Crippen LogP contribution < -0.4 is 10.1 Å². The molecule has 1 saturated heterocycles. The van der Waals surface area contributed by atoms with Crippen molar-refractivity contribution in [3.05, 3.63) is 29.3 Å². The van der Waals surface area contributed by atoms with Gasteiger partial charge in [-0.2, -0.15) is 0 Å². The van der Waals surface area contributed by atoms with E-state index in [4.69, 9.17) is 4.74 Å². The molecule has 116 valence electrons. The molecule has 1 atom stereocenters. The number of hydrogen-bond donors (Lipinski definition) is 1. The molecule has 20 heavy (non-hydrogen) atoms. The smallest absolute Gasteiger partial charge is 0.122 e. The fourth-order valence-corrected chi connectivity index (χ4v) is 2.32. The summed E-state index contributed by atoms with van der Waals surface area (Å²) in [4.78, 5) is 2.49. The summed E-state index contributed by atoms with van der Waals surface area (Å²) in [5.41, 5.74) is 2.55. The lowest BCUT2D eigenvalue weighted by Crippen LogP contribution is -2.49. The highest BCUT2D eigenvalue weighted by molar-refractivity contribution is 5.85. The Kier molecular flexibility index (Phi) is 9.23. The number of rotatable bonds is 4. The number of nitrogens with zero attached hydrogens (tertiary/aromatic N) is 1. The largest absolute Gasteiger partial charge is 0.492 e. The van der Waals surface area contributed by atoms with E-state index in [0.717, 1.165) is 38.5 Å². The molecule has 5 heteroatoms. The minimum Gasteiger partial charge on any atom is -0.492 e. The maximum absolute atomic E-state index is 5.97. The van der Waals surface area contributed by atoms with Crippen LogP contribution >= 0.6 is 24.8 Å². The Morgan fingerprint density at radius 2 is 1.85 bits per heavy atom. The molecule has 0 radical (unpaired) electrons. The van der Waals surface area contributed by atoms with Crippen LogP contribution in [0.3, 0.4) is 0 Å². The van der Waals surface area contributed by atoms with Gasteiger partial charge in [-0.3, -0.25) is 4.90 Å². The first-order valence-corrected chi connectivity index (χ1v) is 6.82. The SMILES string of the molecule is Cc1cccc(OCC(C)N2CCNCC2)c1C.Cl.Cl. The second-order valence-electron chi connectivity index (χ2n) is 5.14. The minimum absolute atomic E-state index is 0. The van der Waals surface area contributed by atoms with Gasteiger partial charge in [0.05, 0.1) is 0 Å². The quantitative estimate of drug-likeness (QED) is 0.923. The van der Waals surface area contributed by atoms with Crippen molar-refractivity contribution in [2.75, 3.05) is 32.8 Å². The van der Waals surface area contributed by atoms with E-state index in [1.165, 1.54) is 11.1 Å². The zero-order valence-corrected chi connectivity index (χ0v) is 14.1. The van der Waals surface area contributed by atoms with Gasteiger partial charge in [0.2, 0.25) is 0 Å². The average molecular weight is 321 g/mol. The summed E-state index contributed by atoms with van der Waals surface area (Å²) < 4.78 is 5.97. The molecular weight excluding hydrogens is 295 g/mol. The van der Waals surface area contributed by atoms with Crippen LogP contribution in [0.1, 0.15) is 18.1 Å².